The van der Waals surface area contributed by atoms with Crippen molar-refractivity contribution in [2.24, 2.45) is 0 Å². The van der Waals surface area contributed by atoms with Crippen LogP contribution in [-0.2, 0) is 4.74 Å². The molecule has 1 aromatic carbocycles. The summed E-state index contributed by atoms with van der Waals surface area (Å²) in [5.74, 6) is -0.168. The van der Waals surface area contributed by atoms with Gasteiger partial charge in [0.25, 0.3) is 5.91 Å². The van der Waals surface area contributed by atoms with Crippen molar-refractivity contribution in [1.82, 2.24) is 10.2 Å². The molecule has 2 rings (SSSR count). The molecule has 1 saturated heterocycles. The summed E-state index contributed by atoms with van der Waals surface area (Å²) >= 11 is 6.32. The van der Waals surface area contributed by atoms with Gasteiger partial charge in [-0.2, -0.15) is 0 Å². The summed E-state index contributed by atoms with van der Waals surface area (Å²) in [7, 11) is 1.58. The van der Waals surface area contributed by atoms with E-state index < -0.39 is 5.60 Å². The number of piperazine rings is 1. The fraction of sp³-hybridized carbons (Fsp3) is 0.529. The average Bonchev–Trinajstić information content (AvgIpc) is 2.52. The predicted octanol–water partition coefficient (Wildman–Crippen LogP) is 2.76. The zero-order chi connectivity index (χ0) is 17.9. The number of hydrogen-bond donors (Lipinski definition) is 1. The fourth-order valence-corrected chi connectivity index (χ4v) is 2.81. The standard InChI is InChI=1S/C17H24ClN3O3/c1-17(2,3)24-16(23)21-9-7-20(8-10-21)14-6-5-12(11-13(14)18)15(22)19-4/h5-6,11H,7-10H2,1-4H3,(H,19,22). The number of benzene rings is 1. The number of nitrogens with one attached hydrogen (secondary N) is 1. The van der Waals surface area contributed by atoms with Crippen LogP contribution in [0.4, 0.5) is 10.5 Å². The molecule has 1 aliphatic heterocycles. The van der Waals surface area contributed by atoms with E-state index in [1.54, 1.807) is 24.1 Å². The Morgan fingerprint density at radius 2 is 1.79 bits per heavy atom. The molecule has 1 aliphatic rings. The van der Waals surface area contributed by atoms with Crippen LogP contribution >= 0.6 is 11.6 Å². The highest BCUT2D eigenvalue weighted by Gasteiger charge is 2.26. The number of carbonyl (C=O) groups is 2. The zero-order valence-corrected chi connectivity index (χ0v) is 15.3. The molecule has 1 fully saturated rings. The second-order valence-corrected chi connectivity index (χ2v) is 7.11. The molecule has 0 unspecified atom stereocenters. The number of hydrogen-bond acceptors (Lipinski definition) is 4. The molecule has 0 radical (unpaired) electrons. The van der Waals surface area contributed by atoms with Crippen molar-refractivity contribution >= 4 is 29.3 Å². The lowest BCUT2D eigenvalue weighted by Crippen LogP contribution is -2.50. The van der Waals surface area contributed by atoms with E-state index in [-0.39, 0.29) is 12.0 Å². The zero-order valence-electron chi connectivity index (χ0n) is 14.6. The molecule has 0 aliphatic carbocycles. The van der Waals surface area contributed by atoms with Crippen LogP contribution in [0.15, 0.2) is 18.2 Å². The molecule has 132 valence electrons. The Bertz CT molecular complexity index is 620. The molecule has 1 heterocycles. The molecular formula is C17H24ClN3O3. The number of ether oxygens (including phenoxy) is 1. The summed E-state index contributed by atoms with van der Waals surface area (Å²) < 4.78 is 5.39. The molecule has 2 amide bonds. The fourth-order valence-electron chi connectivity index (χ4n) is 2.51. The lowest BCUT2D eigenvalue weighted by molar-refractivity contribution is 0.0240. The maximum absolute atomic E-state index is 12.1. The summed E-state index contributed by atoms with van der Waals surface area (Å²) in [5, 5.41) is 3.10. The van der Waals surface area contributed by atoms with Crippen molar-refractivity contribution in [3.05, 3.63) is 28.8 Å². The van der Waals surface area contributed by atoms with Crippen LogP contribution in [0.3, 0.4) is 0 Å². The minimum atomic E-state index is -0.493. The van der Waals surface area contributed by atoms with E-state index in [1.807, 2.05) is 26.8 Å². The molecule has 6 nitrogen and oxygen atoms in total. The first-order chi connectivity index (χ1) is 11.2. The molecule has 7 heteroatoms. The van der Waals surface area contributed by atoms with Crippen LogP contribution < -0.4 is 10.2 Å². The highest BCUT2D eigenvalue weighted by molar-refractivity contribution is 6.33. The summed E-state index contributed by atoms with van der Waals surface area (Å²) in [6.45, 7) is 8.04. The SMILES string of the molecule is CNC(=O)c1ccc(N2CCN(C(=O)OC(C)(C)C)CC2)c(Cl)c1. The predicted molar refractivity (Wildman–Crippen MR) is 94.9 cm³/mol. The van der Waals surface area contributed by atoms with Gasteiger partial charge in [-0.1, -0.05) is 11.6 Å². The van der Waals surface area contributed by atoms with E-state index in [2.05, 4.69) is 10.2 Å². The molecular weight excluding hydrogens is 330 g/mol. The normalized spacial score (nSPS) is 15.2. The first-order valence-electron chi connectivity index (χ1n) is 7.96. The Labute approximate surface area is 147 Å². The Hall–Kier alpha value is -1.95. The van der Waals surface area contributed by atoms with E-state index in [1.165, 1.54) is 0 Å². The largest absolute Gasteiger partial charge is 0.444 e. The van der Waals surface area contributed by atoms with Crippen LogP contribution in [0.2, 0.25) is 5.02 Å². The van der Waals surface area contributed by atoms with Gasteiger partial charge in [0.2, 0.25) is 0 Å². The minimum absolute atomic E-state index is 0.168. The van der Waals surface area contributed by atoms with Gasteiger partial charge in [0.05, 0.1) is 10.7 Å². The van der Waals surface area contributed by atoms with Gasteiger partial charge in [0.15, 0.2) is 0 Å². The smallest absolute Gasteiger partial charge is 0.410 e. The highest BCUT2D eigenvalue weighted by atomic mass is 35.5. The van der Waals surface area contributed by atoms with Crippen molar-refractivity contribution in [3.8, 4) is 0 Å². The second kappa shape index (κ2) is 7.30. The van der Waals surface area contributed by atoms with Crippen molar-refractivity contribution in [2.45, 2.75) is 26.4 Å². The molecule has 0 atom stereocenters. The van der Waals surface area contributed by atoms with E-state index in [9.17, 15) is 9.59 Å². The second-order valence-electron chi connectivity index (χ2n) is 6.70. The van der Waals surface area contributed by atoms with Gasteiger partial charge < -0.3 is 19.9 Å². The summed E-state index contributed by atoms with van der Waals surface area (Å²) in [6, 6.07) is 5.26. The number of nitrogens with zero attached hydrogens (tertiary/aromatic N) is 2. The van der Waals surface area contributed by atoms with Gasteiger partial charge in [-0.3, -0.25) is 4.79 Å². The number of carbonyl (C=O) groups excluding carboxylic acids is 2. The lowest BCUT2D eigenvalue weighted by Gasteiger charge is -2.37. The summed E-state index contributed by atoms with van der Waals surface area (Å²) in [6.07, 6.45) is -0.289. The van der Waals surface area contributed by atoms with Crippen LogP contribution in [0.1, 0.15) is 31.1 Å². The summed E-state index contributed by atoms with van der Waals surface area (Å²) in [4.78, 5) is 27.5. The van der Waals surface area contributed by atoms with E-state index in [4.69, 9.17) is 16.3 Å². The third-order valence-corrected chi connectivity index (χ3v) is 4.01. The topological polar surface area (TPSA) is 61.9 Å². The Balaban J connectivity index is 2.00. The van der Waals surface area contributed by atoms with Gasteiger partial charge in [-0.05, 0) is 39.0 Å². The van der Waals surface area contributed by atoms with Gasteiger partial charge >= 0.3 is 6.09 Å². The lowest BCUT2D eigenvalue weighted by atomic mass is 10.1. The van der Waals surface area contributed by atoms with Crippen molar-refractivity contribution in [1.29, 1.82) is 0 Å². The Morgan fingerprint density at radius 1 is 1.17 bits per heavy atom. The number of amides is 2. The third-order valence-electron chi connectivity index (χ3n) is 3.71. The van der Waals surface area contributed by atoms with Crippen LogP contribution in [-0.4, -0.2) is 55.7 Å². The molecule has 1 N–H and O–H groups in total. The Morgan fingerprint density at radius 3 is 2.29 bits per heavy atom. The third kappa shape index (κ3) is 4.54. The van der Waals surface area contributed by atoms with Gasteiger partial charge in [0.1, 0.15) is 5.60 Å². The van der Waals surface area contributed by atoms with Gasteiger partial charge in [0, 0.05) is 38.8 Å². The van der Waals surface area contributed by atoms with Crippen LogP contribution in [0, 0.1) is 0 Å². The van der Waals surface area contributed by atoms with Crippen LogP contribution in [0.5, 0.6) is 0 Å². The van der Waals surface area contributed by atoms with Crippen molar-refractivity contribution in [2.75, 3.05) is 38.1 Å². The van der Waals surface area contributed by atoms with Crippen molar-refractivity contribution < 1.29 is 14.3 Å². The van der Waals surface area contributed by atoms with Gasteiger partial charge in [-0.25, -0.2) is 4.79 Å². The Kier molecular flexibility index (Phi) is 5.59. The van der Waals surface area contributed by atoms with E-state index >= 15 is 0 Å². The molecule has 0 saturated carbocycles. The highest BCUT2D eigenvalue weighted by Crippen LogP contribution is 2.28. The first kappa shape index (κ1) is 18.4. The molecule has 0 spiro atoms. The van der Waals surface area contributed by atoms with E-state index in [0.29, 0.717) is 36.8 Å². The maximum atomic E-state index is 12.1. The van der Waals surface area contributed by atoms with Gasteiger partial charge in [-0.15, -0.1) is 0 Å². The number of rotatable bonds is 2. The maximum Gasteiger partial charge on any atom is 0.410 e. The average molecular weight is 354 g/mol. The minimum Gasteiger partial charge on any atom is -0.444 e. The van der Waals surface area contributed by atoms with Crippen molar-refractivity contribution in [3.63, 3.8) is 0 Å². The first-order valence-corrected chi connectivity index (χ1v) is 8.33. The molecule has 1 aromatic rings. The number of halogens is 1. The van der Waals surface area contributed by atoms with Crippen LogP contribution in [0.25, 0.3) is 0 Å². The quantitative estimate of drug-likeness (QED) is 0.888. The number of anilines is 1. The van der Waals surface area contributed by atoms with E-state index in [0.717, 1.165) is 5.69 Å². The molecule has 0 aromatic heterocycles. The monoisotopic (exact) mass is 353 g/mol. The molecule has 24 heavy (non-hydrogen) atoms. The summed E-state index contributed by atoms with van der Waals surface area (Å²) in [5.41, 5.74) is 0.902. The molecule has 0 bridgehead atoms.